The van der Waals surface area contributed by atoms with Crippen molar-refractivity contribution in [3.05, 3.63) is 65.8 Å². The minimum Gasteiger partial charge on any atom is -0.472 e. The van der Waals surface area contributed by atoms with E-state index in [1.807, 2.05) is 43.5 Å². The van der Waals surface area contributed by atoms with Gasteiger partial charge in [-0.25, -0.2) is 18.4 Å². The largest absolute Gasteiger partial charge is 0.472 e. The Hall–Kier alpha value is -4.30. The molecule has 7 rings (SSSR count). The maximum Gasteiger partial charge on any atom is 0.259 e. The van der Waals surface area contributed by atoms with Gasteiger partial charge in [-0.2, -0.15) is 0 Å². The highest BCUT2D eigenvalue weighted by atomic mass is 32.2. The van der Waals surface area contributed by atoms with Crippen LogP contribution in [0.1, 0.15) is 63.6 Å². The molecule has 14 heteroatoms. The van der Waals surface area contributed by atoms with Crippen molar-refractivity contribution in [1.29, 1.82) is 0 Å². The highest BCUT2D eigenvalue weighted by Gasteiger charge is 2.62. The van der Waals surface area contributed by atoms with Gasteiger partial charge in [-0.15, -0.1) is 17.9 Å². The van der Waals surface area contributed by atoms with Crippen molar-refractivity contribution in [3.63, 3.8) is 0 Å². The van der Waals surface area contributed by atoms with Crippen LogP contribution in [0.5, 0.6) is 5.88 Å². The van der Waals surface area contributed by atoms with Gasteiger partial charge in [-0.05, 0) is 61.1 Å². The Labute approximate surface area is 295 Å². The summed E-state index contributed by atoms with van der Waals surface area (Å²) in [6, 6.07) is 6.28. The van der Waals surface area contributed by atoms with Crippen LogP contribution in [-0.2, 0) is 30.8 Å². The van der Waals surface area contributed by atoms with Gasteiger partial charge in [-0.3, -0.25) is 19.1 Å². The topological polar surface area (TPSA) is 160 Å². The normalized spacial score (nSPS) is 27.1. The molecule has 50 heavy (non-hydrogen) atoms. The summed E-state index contributed by atoms with van der Waals surface area (Å²) in [6.45, 7) is 7.89. The number of aromatic nitrogens is 2. The van der Waals surface area contributed by atoms with Gasteiger partial charge < -0.3 is 20.3 Å². The lowest BCUT2D eigenvalue weighted by Gasteiger charge is -2.32. The third-order valence-electron chi connectivity index (χ3n) is 10.3. The first kappa shape index (κ1) is 34.2. The van der Waals surface area contributed by atoms with Crippen molar-refractivity contribution in [2.24, 2.45) is 11.8 Å². The molecule has 3 N–H and O–H groups in total. The number of thiazole rings is 1. The summed E-state index contributed by atoms with van der Waals surface area (Å²) in [6.07, 6.45) is 10.3. The molecule has 1 saturated heterocycles. The molecule has 3 fully saturated rings. The van der Waals surface area contributed by atoms with E-state index in [0.29, 0.717) is 30.3 Å². The minimum atomic E-state index is -3.85. The fourth-order valence-corrected chi connectivity index (χ4v) is 8.99. The molecule has 3 amide bonds. The third kappa shape index (κ3) is 6.74. The molecule has 3 aromatic rings. The Morgan fingerprint density at radius 2 is 2.10 bits per heavy atom. The minimum absolute atomic E-state index is 0.104. The number of sulfonamides is 1. The number of carbonyl (C=O) groups excluding carboxylic acids is 3. The van der Waals surface area contributed by atoms with Gasteiger partial charge in [0.05, 0.1) is 17.5 Å². The number of pyridine rings is 1. The zero-order valence-corrected chi connectivity index (χ0v) is 29.8. The molecule has 0 spiro atoms. The number of fused-ring (bicyclic) bond motifs is 5. The lowest BCUT2D eigenvalue weighted by atomic mass is 9.97. The van der Waals surface area contributed by atoms with Crippen molar-refractivity contribution in [2.75, 3.05) is 11.9 Å². The highest BCUT2D eigenvalue weighted by molar-refractivity contribution is 7.91. The number of nitrogens with zero attached hydrogens (tertiary/aromatic N) is 3. The van der Waals surface area contributed by atoms with Gasteiger partial charge in [0.1, 0.15) is 23.7 Å². The van der Waals surface area contributed by atoms with Crippen LogP contribution in [-0.4, -0.2) is 76.5 Å². The molecule has 2 aromatic heterocycles. The lowest BCUT2D eigenvalue weighted by Crippen LogP contribution is -2.58. The molecule has 12 nitrogen and oxygen atoms in total. The van der Waals surface area contributed by atoms with Crippen LogP contribution in [0.15, 0.2) is 54.6 Å². The third-order valence-corrected chi connectivity index (χ3v) is 13.0. The van der Waals surface area contributed by atoms with E-state index >= 15 is 0 Å². The lowest BCUT2D eigenvalue weighted by molar-refractivity contribution is -0.141. The van der Waals surface area contributed by atoms with Gasteiger partial charge >= 0.3 is 0 Å². The van der Waals surface area contributed by atoms with Crippen molar-refractivity contribution in [3.8, 4) is 5.88 Å². The summed E-state index contributed by atoms with van der Waals surface area (Å²) in [4.78, 5) is 53.2. The Kier molecular flexibility index (Phi) is 9.18. The van der Waals surface area contributed by atoms with E-state index in [0.717, 1.165) is 34.9 Å². The first-order valence-corrected chi connectivity index (χ1v) is 19.7. The molecule has 2 aliphatic carbocycles. The van der Waals surface area contributed by atoms with Crippen molar-refractivity contribution in [1.82, 2.24) is 24.9 Å². The average molecular weight is 719 g/mol. The number of hydrogen-bond acceptors (Lipinski definition) is 10. The van der Waals surface area contributed by atoms with Crippen LogP contribution in [0.25, 0.3) is 16.8 Å². The fourth-order valence-electron chi connectivity index (χ4n) is 6.84. The number of aryl methyl sites for hydroxylation is 1. The molecule has 2 saturated carbocycles. The SMILES string of the molecule is C=C[C@@H]1C[C@]1(NC(=O)[C@@H]1C[C@@H]2CN1C(=O)[C@H]([C@@H](C)CC)Nc1nc(cs1)CCC=Cc1ccc3ccnc(c3c1)O2)C(=O)NS(=O)(=O)C1CC1. The zero-order chi connectivity index (χ0) is 35.2. The maximum atomic E-state index is 14.6. The zero-order valence-electron chi connectivity index (χ0n) is 28.1. The molecule has 6 bridgehead atoms. The van der Waals surface area contributed by atoms with Gasteiger partial charge in [-0.1, -0.05) is 50.6 Å². The summed E-state index contributed by atoms with van der Waals surface area (Å²) >= 11 is 1.44. The molecular weight excluding hydrogens is 677 g/mol. The molecule has 4 aliphatic rings. The first-order chi connectivity index (χ1) is 24.0. The predicted octanol–water partition coefficient (Wildman–Crippen LogP) is 4.20. The Morgan fingerprint density at radius 1 is 1.28 bits per heavy atom. The number of hydrogen-bond donors (Lipinski definition) is 3. The Bertz CT molecular complexity index is 1980. The van der Waals surface area contributed by atoms with E-state index in [-0.39, 0.29) is 31.2 Å². The van der Waals surface area contributed by atoms with Crippen LogP contribution in [0.4, 0.5) is 5.13 Å². The average Bonchev–Trinajstić information content (AvgIpc) is 4.00. The fraction of sp³-hybridized carbons (Fsp3) is 0.472. The second-order valence-electron chi connectivity index (χ2n) is 13.9. The second-order valence-corrected chi connectivity index (χ2v) is 16.7. The number of carbonyl (C=O) groups is 3. The first-order valence-electron chi connectivity index (χ1n) is 17.3. The maximum absolute atomic E-state index is 14.6. The predicted molar refractivity (Wildman–Crippen MR) is 192 cm³/mol. The number of ether oxygens (including phenoxy) is 1. The second kappa shape index (κ2) is 13.4. The highest BCUT2D eigenvalue weighted by Crippen LogP contribution is 2.45. The van der Waals surface area contributed by atoms with Crippen molar-refractivity contribution < 1.29 is 27.5 Å². The van der Waals surface area contributed by atoms with E-state index in [4.69, 9.17) is 9.72 Å². The molecule has 1 aromatic carbocycles. The van der Waals surface area contributed by atoms with Crippen LogP contribution >= 0.6 is 11.3 Å². The van der Waals surface area contributed by atoms with Gasteiger partial charge in [0.25, 0.3) is 5.91 Å². The van der Waals surface area contributed by atoms with E-state index in [2.05, 4.69) is 39.1 Å². The van der Waals surface area contributed by atoms with E-state index in [9.17, 15) is 22.8 Å². The quantitative estimate of drug-likeness (QED) is 0.290. The van der Waals surface area contributed by atoms with Crippen LogP contribution in [0.3, 0.4) is 0 Å². The summed E-state index contributed by atoms with van der Waals surface area (Å²) < 4.78 is 34.1. The number of amides is 3. The van der Waals surface area contributed by atoms with Crippen molar-refractivity contribution >= 4 is 61.1 Å². The van der Waals surface area contributed by atoms with Crippen LogP contribution in [0.2, 0.25) is 0 Å². The standard InChI is InChI=1S/C36H42N6O6S2/c1-4-21(3)30-33(44)42-19-26(17-29(42)31(43)40-36(18-24(36)5-2)34(45)41-50(46,47)27-12-13-27)48-32-28-16-22(10-11-23(28)14-15-37-32)8-6-7-9-25-20-49-35(38-25)39-30/h5-6,8,10-11,14-16,20-21,24,26-27,29-30H,2,4,7,9,12-13,17-19H2,1,3H3,(H,38,39)(H,40,43)(H,41,45)/t21-,24+,26+,29-,30-,36+/m0/s1. The molecule has 0 unspecified atom stereocenters. The smallest absolute Gasteiger partial charge is 0.259 e. The number of rotatable bonds is 8. The summed E-state index contributed by atoms with van der Waals surface area (Å²) in [7, 11) is -3.85. The number of nitrogens with one attached hydrogen (secondary N) is 3. The van der Waals surface area contributed by atoms with Gasteiger partial charge in [0.15, 0.2) is 5.13 Å². The van der Waals surface area contributed by atoms with E-state index in [1.54, 1.807) is 12.3 Å². The Morgan fingerprint density at radius 3 is 2.84 bits per heavy atom. The molecule has 264 valence electrons. The number of allylic oxidation sites excluding steroid dienone is 1. The van der Waals surface area contributed by atoms with Gasteiger partial charge in [0.2, 0.25) is 27.7 Å². The van der Waals surface area contributed by atoms with Gasteiger partial charge in [0, 0.05) is 29.3 Å². The monoisotopic (exact) mass is 718 g/mol. The molecule has 2 aliphatic heterocycles. The molecular formula is C36H42N6O6S2. The van der Waals surface area contributed by atoms with E-state index < -0.39 is 56.7 Å². The van der Waals surface area contributed by atoms with Crippen LogP contribution < -0.4 is 20.1 Å². The Balaban J connectivity index is 1.23. The number of anilines is 1. The summed E-state index contributed by atoms with van der Waals surface area (Å²) in [5.41, 5.74) is 0.430. The number of benzene rings is 1. The van der Waals surface area contributed by atoms with Crippen LogP contribution in [0, 0.1) is 11.8 Å². The summed E-state index contributed by atoms with van der Waals surface area (Å²) in [5, 5.41) is 10.0. The molecule has 0 radical (unpaired) electrons. The molecule has 6 atom stereocenters. The molecule has 4 heterocycles. The van der Waals surface area contributed by atoms with Crippen molar-refractivity contribution in [2.45, 2.75) is 87.8 Å². The summed E-state index contributed by atoms with van der Waals surface area (Å²) in [5.74, 6) is -1.80. The van der Waals surface area contributed by atoms with E-state index in [1.165, 1.54) is 16.2 Å².